The number of fused-ring (bicyclic) bond motifs is 1. The van der Waals surface area contributed by atoms with Crippen LogP contribution < -0.4 is 4.90 Å². The molecule has 26 heavy (non-hydrogen) atoms. The zero-order valence-corrected chi connectivity index (χ0v) is 15.8. The Kier molecular flexibility index (Phi) is 4.76. The van der Waals surface area contributed by atoms with E-state index in [4.69, 9.17) is 16.3 Å². The monoisotopic (exact) mass is 373 g/mol. The molecular weight excluding hydrogens is 350 g/mol. The Morgan fingerprint density at radius 3 is 3.00 bits per heavy atom. The summed E-state index contributed by atoms with van der Waals surface area (Å²) in [5.74, 6) is 0.296. The number of nitrogens with zero attached hydrogens (tertiary/aromatic N) is 3. The molecule has 4 rings (SSSR count). The van der Waals surface area contributed by atoms with E-state index < -0.39 is 0 Å². The zero-order valence-electron chi connectivity index (χ0n) is 15.1. The third-order valence-electron chi connectivity index (χ3n) is 5.77. The van der Waals surface area contributed by atoms with E-state index in [0.29, 0.717) is 24.1 Å². The first-order valence-corrected chi connectivity index (χ1v) is 9.58. The molecule has 0 saturated carbocycles. The second-order valence-electron chi connectivity index (χ2n) is 7.33. The predicted octanol–water partition coefficient (Wildman–Crippen LogP) is 3.35. The Hall–Kier alpha value is -1.85. The van der Waals surface area contributed by atoms with Crippen molar-refractivity contribution in [1.82, 2.24) is 9.88 Å². The van der Waals surface area contributed by atoms with E-state index in [1.54, 1.807) is 7.11 Å². The Balaban J connectivity index is 1.59. The first-order valence-electron chi connectivity index (χ1n) is 9.20. The molecule has 1 aromatic carbocycles. The topological polar surface area (TPSA) is 45.7 Å². The number of piperidine rings is 1. The van der Waals surface area contributed by atoms with Crippen molar-refractivity contribution in [2.24, 2.45) is 5.41 Å². The minimum atomic E-state index is -0.256. The number of carbonyl (C=O) groups excluding carboxylic acids is 1. The maximum absolute atomic E-state index is 13.2. The van der Waals surface area contributed by atoms with Crippen molar-refractivity contribution in [3.05, 3.63) is 35.5 Å². The number of halogens is 1. The highest BCUT2D eigenvalue weighted by Crippen LogP contribution is 2.42. The third-order valence-corrected chi connectivity index (χ3v) is 6.00. The van der Waals surface area contributed by atoms with Crippen LogP contribution in [0.3, 0.4) is 0 Å². The van der Waals surface area contributed by atoms with E-state index in [1.807, 2.05) is 35.4 Å². The molecular formula is C20H24ClN3O2. The molecule has 138 valence electrons. The highest BCUT2D eigenvalue weighted by Gasteiger charge is 2.48. The summed E-state index contributed by atoms with van der Waals surface area (Å²) >= 11 is 6.11. The van der Waals surface area contributed by atoms with Crippen LogP contribution >= 0.6 is 11.6 Å². The van der Waals surface area contributed by atoms with Gasteiger partial charge in [0.1, 0.15) is 0 Å². The summed E-state index contributed by atoms with van der Waals surface area (Å²) < 4.78 is 5.17. The van der Waals surface area contributed by atoms with Crippen molar-refractivity contribution >= 4 is 34.1 Å². The molecule has 3 heterocycles. The predicted molar refractivity (Wildman–Crippen MR) is 104 cm³/mol. The van der Waals surface area contributed by atoms with Crippen molar-refractivity contribution in [1.29, 1.82) is 0 Å². The van der Waals surface area contributed by atoms with E-state index >= 15 is 0 Å². The number of amides is 1. The SMILES string of the molecule is COCCN1CCCC2(CCN(c3ccnc4cc(Cl)ccc34)C2)C1=O. The van der Waals surface area contributed by atoms with Crippen molar-refractivity contribution in [3.63, 3.8) is 0 Å². The molecule has 5 nitrogen and oxygen atoms in total. The molecule has 0 radical (unpaired) electrons. The van der Waals surface area contributed by atoms with Gasteiger partial charge in [-0.1, -0.05) is 11.6 Å². The standard InChI is InChI=1S/C20H24ClN3O2/c1-26-12-11-23-9-2-6-20(19(23)25)7-10-24(14-20)18-5-8-22-17-13-15(21)3-4-16(17)18/h3-5,8,13H,2,6-7,9-12,14H2,1H3. The lowest BCUT2D eigenvalue weighted by Crippen LogP contribution is -2.51. The van der Waals surface area contributed by atoms with Crippen LogP contribution in [0.4, 0.5) is 5.69 Å². The van der Waals surface area contributed by atoms with Gasteiger partial charge in [-0.05, 0) is 43.5 Å². The van der Waals surface area contributed by atoms with Gasteiger partial charge >= 0.3 is 0 Å². The summed E-state index contributed by atoms with van der Waals surface area (Å²) in [5.41, 5.74) is 1.78. The van der Waals surface area contributed by atoms with Crippen LogP contribution in [0.1, 0.15) is 19.3 Å². The minimum Gasteiger partial charge on any atom is -0.383 e. The second-order valence-corrected chi connectivity index (χ2v) is 7.77. The second kappa shape index (κ2) is 7.05. The van der Waals surface area contributed by atoms with E-state index in [1.165, 1.54) is 0 Å². The van der Waals surface area contributed by atoms with E-state index in [0.717, 1.165) is 55.5 Å². The Labute approximate surface area is 158 Å². The molecule has 1 amide bonds. The number of hydrogen-bond donors (Lipinski definition) is 0. The number of carbonyl (C=O) groups is 1. The summed E-state index contributed by atoms with van der Waals surface area (Å²) in [6, 6.07) is 7.87. The van der Waals surface area contributed by atoms with Crippen LogP contribution in [-0.4, -0.2) is 55.7 Å². The average molecular weight is 374 g/mol. The van der Waals surface area contributed by atoms with Crippen LogP contribution in [0.2, 0.25) is 5.02 Å². The molecule has 1 atom stereocenters. The molecule has 2 aliphatic heterocycles. The molecule has 6 heteroatoms. The number of aromatic nitrogens is 1. The van der Waals surface area contributed by atoms with Gasteiger partial charge in [0, 0.05) is 55.6 Å². The molecule has 0 bridgehead atoms. The minimum absolute atomic E-state index is 0.256. The largest absolute Gasteiger partial charge is 0.383 e. The first-order chi connectivity index (χ1) is 12.6. The highest BCUT2D eigenvalue weighted by molar-refractivity contribution is 6.31. The van der Waals surface area contributed by atoms with Crippen molar-refractivity contribution in [2.45, 2.75) is 19.3 Å². The van der Waals surface area contributed by atoms with E-state index in [9.17, 15) is 4.79 Å². The molecule has 2 saturated heterocycles. The summed E-state index contributed by atoms with van der Waals surface area (Å²) in [5, 5.41) is 1.78. The van der Waals surface area contributed by atoms with Crippen LogP contribution in [-0.2, 0) is 9.53 Å². The lowest BCUT2D eigenvalue weighted by atomic mass is 9.78. The van der Waals surface area contributed by atoms with Crippen LogP contribution in [0.25, 0.3) is 10.9 Å². The normalized spacial score (nSPS) is 23.4. The summed E-state index contributed by atoms with van der Waals surface area (Å²) in [4.78, 5) is 21.9. The summed E-state index contributed by atoms with van der Waals surface area (Å²) in [6.45, 7) is 3.80. The third kappa shape index (κ3) is 3.03. The van der Waals surface area contributed by atoms with E-state index in [-0.39, 0.29) is 5.41 Å². The molecule has 0 aliphatic carbocycles. The number of benzene rings is 1. The quantitative estimate of drug-likeness (QED) is 0.824. The number of likely N-dealkylation sites (tertiary alicyclic amines) is 1. The van der Waals surface area contributed by atoms with Crippen molar-refractivity contribution < 1.29 is 9.53 Å². The maximum atomic E-state index is 13.2. The fourth-order valence-corrected chi connectivity index (χ4v) is 4.57. The van der Waals surface area contributed by atoms with Gasteiger partial charge in [0.05, 0.1) is 17.5 Å². The number of ether oxygens (including phenoxy) is 1. The van der Waals surface area contributed by atoms with Gasteiger partial charge < -0.3 is 14.5 Å². The molecule has 1 aromatic heterocycles. The molecule has 2 fully saturated rings. The lowest BCUT2D eigenvalue weighted by Gasteiger charge is -2.39. The number of rotatable bonds is 4. The number of methoxy groups -OCH3 is 1. The van der Waals surface area contributed by atoms with Gasteiger partial charge in [0.25, 0.3) is 0 Å². The number of anilines is 1. The maximum Gasteiger partial charge on any atom is 0.230 e. The van der Waals surface area contributed by atoms with Crippen LogP contribution in [0.15, 0.2) is 30.5 Å². The Morgan fingerprint density at radius 2 is 2.15 bits per heavy atom. The summed E-state index contributed by atoms with van der Waals surface area (Å²) in [7, 11) is 1.68. The van der Waals surface area contributed by atoms with Gasteiger partial charge in [-0.2, -0.15) is 0 Å². The van der Waals surface area contributed by atoms with Crippen molar-refractivity contribution in [3.8, 4) is 0 Å². The van der Waals surface area contributed by atoms with Gasteiger partial charge in [-0.3, -0.25) is 9.78 Å². The van der Waals surface area contributed by atoms with Gasteiger partial charge in [0.15, 0.2) is 0 Å². The summed E-state index contributed by atoms with van der Waals surface area (Å²) in [6.07, 6.45) is 4.77. The Bertz CT molecular complexity index is 828. The van der Waals surface area contributed by atoms with E-state index in [2.05, 4.69) is 9.88 Å². The average Bonchev–Trinajstić information content (AvgIpc) is 3.07. The number of pyridine rings is 1. The molecule has 2 aromatic rings. The van der Waals surface area contributed by atoms with Crippen LogP contribution in [0, 0.1) is 5.41 Å². The Morgan fingerprint density at radius 1 is 1.27 bits per heavy atom. The smallest absolute Gasteiger partial charge is 0.230 e. The fraction of sp³-hybridized carbons (Fsp3) is 0.500. The van der Waals surface area contributed by atoms with Gasteiger partial charge in [-0.25, -0.2) is 0 Å². The van der Waals surface area contributed by atoms with Gasteiger partial charge in [0.2, 0.25) is 5.91 Å². The molecule has 1 unspecified atom stereocenters. The van der Waals surface area contributed by atoms with Crippen LogP contribution in [0.5, 0.6) is 0 Å². The fourth-order valence-electron chi connectivity index (χ4n) is 4.41. The van der Waals surface area contributed by atoms with Gasteiger partial charge in [-0.15, -0.1) is 0 Å². The molecule has 1 spiro atoms. The number of hydrogen-bond acceptors (Lipinski definition) is 4. The molecule has 2 aliphatic rings. The zero-order chi connectivity index (χ0) is 18.1. The van der Waals surface area contributed by atoms with Crippen molar-refractivity contribution in [2.75, 3.05) is 44.8 Å². The lowest BCUT2D eigenvalue weighted by molar-refractivity contribution is -0.145. The molecule has 0 N–H and O–H groups in total. The highest BCUT2D eigenvalue weighted by atomic mass is 35.5. The first kappa shape index (κ1) is 17.6.